The number of fused-ring (bicyclic) bond motifs is 1. The van der Waals surface area contributed by atoms with E-state index in [1.54, 1.807) is 7.11 Å². The van der Waals surface area contributed by atoms with Crippen molar-refractivity contribution in [2.75, 3.05) is 20.3 Å². The van der Waals surface area contributed by atoms with Crippen LogP contribution in [0.5, 0.6) is 11.5 Å². The molecule has 1 amide bonds. The lowest BCUT2D eigenvalue weighted by atomic mass is 9.95. The second-order valence-electron chi connectivity index (χ2n) is 8.59. The molecule has 1 N–H and O–H groups in total. The molecule has 0 saturated carbocycles. The number of aromatic nitrogens is 2. The highest BCUT2D eigenvalue weighted by Crippen LogP contribution is 2.44. The highest BCUT2D eigenvalue weighted by Gasteiger charge is 2.42. The lowest BCUT2D eigenvalue weighted by Crippen LogP contribution is -2.32. The third-order valence-corrected chi connectivity index (χ3v) is 5.73. The summed E-state index contributed by atoms with van der Waals surface area (Å²) < 4.78 is 11.6. The number of amides is 1. The third kappa shape index (κ3) is 4.09. The predicted molar refractivity (Wildman–Crippen MR) is 125 cm³/mol. The van der Waals surface area contributed by atoms with Gasteiger partial charge in [-0.15, -0.1) is 0 Å². The first kappa shape index (κ1) is 21.9. The Bertz CT molecular complexity index is 1080. The number of rotatable bonds is 9. The molecule has 1 aromatic heterocycles. The molecule has 6 heteroatoms. The summed E-state index contributed by atoms with van der Waals surface area (Å²) in [6.45, 7) is 7.68. The van der Waals surface area contributed by atoms with Crippen molar-refractivity contribution in [3.05, 3.63) is 65.4 Å². The predicted octanol–water partition coefficient (Wildman–Crippen LogP) is 5.47. The fourth-order valence-corrected chi connectivity index (χ4v) is 4.24. The van der Waals surface area contributed by atoms with Gasteiger partial charge in [-0.3, -0.25) is 9.89 Å². The molecule has 1 aliphatic rings. The van der Waals surface area contributed by atoms with E-state index in [4.69, 9.17) is 9.47 Å². The summed E-state index contributed by atoms with van der Waals surface area (Å²) in [5.41, 5.74) is 4.27. The molecule has 1 aliphatic heterocycles. The number of aromatic amines is 1. The van der Waals surface area contributed by atoms with Crippen molar-refractivity contribution in [1.82, 2.24) is 15.1 Å². The van der Waals surface area contributed by atoms with Crippen molar-refractivity contribution in [2.24, 2.45) is 5.92 Å². The normalized spacial score (nSPS) is 15.3. The maximum atomic E-state index is 13.4. The summed E-state index contributed by atoms with van der Waals surface area (Å²) in [4.78, 5) is 15.3. The Morgan fingerprint density at radius 2 is 1.91 bits per heavy atom. The zero-order valence-corrected chi connectivity index (χ0v) is 19.2. The second kappa shape index (κ2) is 9.47. The van der Waals surface area contributed by atoms with Crippen LogP contribution >= 0.6 is 0 Å². The molecule has 0 aliphatic carbocycles. The number of nitrogens with zero attached hydrogens (tertiary/aromatic N) is 2. The van der Waals surface area contributed by atoms with Gasteiger partial charge in [0, 0.05) is 17.7 Å². The summed E-state index contributed by atoms with van der Waals surface area (Å²) in [7, 11) is 1.65. The third-order valence-electron chi connectivity index (χ3n) is 5.73. The van der Waals surface area contributed by atoms with E-state index in [9.17, 15) is 4.79 Å². The topological polar surface area (TPSA) is 67.5 Å². The summed E-state index contributed by atoms with van der Waals surface area (Å²) in [6.07, 6.45) is 2.06. The first-order valence-electron chi connectivity index (χ1n) is 11.3. The zero-order valence-electron chi connectivity index (χ0n) is 19.2. The van der Waals surface area contributed by atoms with Crippen molar-refractivity contribution in [3.63, 3.8) is 0 Å². The smallest absolute Gasteiger partial charge is 0.273 e. The molecule has 1 unspecified atom stereocenters. The van der Waals surface area contributed by atoms with Crippen LogP contribution in [0, 0.1) is 5.92 Å². The average Bonchev–Trinajstić information content (AvgIpc) is 3.34. The van der Waals surface area contributed by atoms with E-state index < -0.39 is 0 Å². The molecule has 1 atom stereocenters. The summed E-state index contributed by atoms with van der Waals surface area (Å²) in [5, 5.41) is 7.54. The van der Waals surface area contributed by atoms with Gasteiger partial charge in [0.15, 0.2) is 11.5 Å². The van der Waals surface area contributed by atoms with Crippen LogP contribution in [-0.4, -0.2) is 41.3 Å². The number of hydrogen-bond acceptors (Lipinski definition) is 4. The molecule has 0 radical (unpaired) electrons. The number of hydrogen-bond donors (Lipinski definition) is 1. The largest absolute Gasteiger partial charge is 0.493 e. The zero-order chi connectivity index (χ0) is 22.7. The Hall–Kier alpha value is -3.28. The van der Waals surface area contributed by atoms with Gasteiger partial charge in [-0.1, -0.05) is 63.6 Å². The van der Waals surface area contributed by atoms with Gasteiger partial charge in [-0.2, -0.15) is 5.10 Å². The van der Waals surface area contributed by atoms with Crippen molar-refractivity contribution >= 4 is 5.91 Å². The van der Waals surface area contributed by atoms with Gasteiger partial charge >= 0.3 is 0 Å². The monoisotopic (exact) mass is 433 g/mol. The van der Waals surface area contributed by atoms with Gasteiger partial charge in [-0.05, 0) is 30.0 Å². The van der Waals surface area contributed by atoms with Gasteiger partial charge in [0.25, 0.3) is 5.91 Å². The van der Waals surface area contributed by atoms with Gasteiger partial charge in [0.05, 0.1) is 25.5 Å². The van der Waals surface area contributed by atoms with Crippen LogP contribution in [0.1, 0.15) is 61.3 Å². The van der Waals surface area contributed by atoms with Crippen molar-refractivity contribution in [1.29, 1.82) is 0 Å². The SMILES string of the molecule is CCCCOc1ccc(C2c3c(-c4ccccc4)n[nH]c3C(=O)N2CC(C)C)cc1OC. The Balaban J connectivity index is 1.79. The molecule has 4 rings (SSSR count). The van der Waals surface area contributed by atoms with E-state index in [-0.39, 0.29) is 11.9 Å². The summed E-state index contributed by atoms with van der Waals surface area (Å²) in [6, 6.07) is 15.7. The Morgan fingerprint density at radius 1 is 1.12 bits per heavy atom. The van der Waals surface area contributed by atoms with Gasteiger partial charge < -0.3 is 14.4 Å². The highest BCUT2D eigenvalue weighted by atomic mass is 16.5. The molecule has 0 spiro atoms. The first-order valence-corrected chi connectivity index (χ1v) is 11.3. The Labute approximate surface area is 189 Å². The van der Waals surface area contributed by atoms with Crippen molar-refractivity contribution in [3.8, 4) is 22.8 Å². The second-order valence-corrected chi connectivity index (χ2v) is 8.59. The van der Waals surface area contributed by atoms with E-state index in [1.807, 2.05) is 53.4 Å². The van der Waals surface area contributed by atoms with Crippen molar-refractivity contribution < 1.29 is 14.3 Å². The van der Waals surface area contributed by atoms with Crippen molar-refractivity contribution in [2.45, 2.75) is 39.7 Å². The van der Waals surface area contributed by atoms with E-state index in [0.29, 0.717) is 30.5 Å². The number of methoxy groups -OCH3 is 1. The molecule has 6 nitrogen and oxygen atoms in total. The fourth-order valence-electron chi connectivity index (χ4n) is 4.24. The number of H-pyrrole nitrogens is 1. The molecule has 2 aromatic carbocycles. The fraction of sp³-hybridized carbons (Fsp3) is 0.385. The maximum absolute atomic E-state index is 13.4. The Morgan fingerprint density at radius 3 is 2.59 bits per heavy atom. The minimum Gasteiger partial charge on any atom is -0.493 e. The van der Waals surface area contributed by atoms with E-state index in [0.717, 1.165) is 41.0 Å². The van der Waals surface area contributed by atoms with E-state index in [1.165, 1.54) is 0 Å². The molecular weight excluding hydrogens is 402 g/mol. The lowest BCUT2D eigenvalue weighted by Gasteiger charge is -2.28. The van der Waals surface area contributed by atoms with Crippen LogP contribution in [0.25, 0.3) is 11.3 Å². The van der Waals surface area contributed by atoms with Crippen LogP contribution < -0.4 is 9.47 Å². The lowest BCUT2D eigenvalue weighted by molar-refractivity contribution is 0.0722. The number of nitrogens with one attached hydrogen (secondary N) is 1. The molecule has 168 valence electrons. The van der Waals surface area contributed by atoms with Crippen LogP contribution in [-0.2, 0) is 0 Å². The minimum atomic E-state index is -0.243. The number of benzene rings is 2. The first-order chi connectivity index (χ1) is 15.5. The van der Waals surface area contributed by atoms with Gasteiger partial charge in [0.1, 0.15) is 5.69 Å². The quantitative estimate of drug-likeness (QED) is 0.455. The number of ether oxygens (including phenoxy) is 2. The molecule has 0 saturated heterocycles. The van der Waals surface area contributed by atoms with Crippen LogP contribution in [0.15, 0.2) is 48.5 Å². The van der Waals surface area contributed by atoms with E-state index in [2.05, 4.69) is 31.0 Å². The standard InChI is InChI=1S/C26H31N3O3/c1-5-6-14-32-20-13-12-19(15-21(20)31-4)25-22-23(18-10-8-7-9-11-18)27-28-24(22)26(30)29(25)16-17(2)3/h7-13,15,17,25H,5-6,14,16H2,1-4H3,(H,27,28). The molecule has 0 bridgehead atoms. The van der Waals surface area contributed by atoms with Crippen LogP contribution in [0.4, 0.5) is 0 Å². The van der Waals surface area contributed by atoms with Crippen LogP contribution in [0.2, 0.25) is 0 Å². The van der Waals surface area contributed by atoms with Gasteiger partial charge in [0.2, 0.25) is 0 Å². The molecule has 0 fully saturated rings. The Kier molecular flexibility index (Phi) is 6.49. The molecule has 3 aromatic rings. The molecule has 2 heterocycles. The summed E-state index contributed by atoms with van der Waals surface area (Å²) >= 11 is 0. The molecular formula is C26H31N3O3. The average molecular weight is 434 g/mol. The maximum Gasteiger partial charge on any atom is 0.273 e. The van der Waals surface area contributed by atoms with Gasteiger partial charge in [-0.25, -0.2) is 0 Å². The van der Waals surface area contributed by atoms with Crippen LogP contribution in [0.3, 0.4) is 0 Å². The van der Waals surface area contributed by atoms with E-state index >= 15 is 0 Å². The number of carbonyl (C=O) groups is 1. The summed E-state index contributed by atoms with van der Waals surface area (Å²) in [5.74, 6) is 1.71. The number of unbranched alkanes of at least 4 members (excludes halogenated alkanes) is 1. The number of carbonyl (C=O) groups excluding carboxylic acids is 1. The minimum absolute atomic E-state index is 0.0179. The highest BCUT2D eigenvalue weighted by molar-refractivity contribution is 6.00. The molecule has 32 heavy (non-hydrogen) atoms.